The first-order valence-corrected chi connectivity index (χ1v) is 10.0. The lowest BCUT2D eigenvalue weighted by Gasteiger charge is -2.45. The highest BCUT2D eigenvalue weighted by atomic mass is 17.3. The predicted octanol–water partition coefficient (Wildman–Crippen LogP) is 5.48. The van der Waals surface area contributed by atoms with Gasteiger partial charge in [-0.25, -0.2) is 0 Å². The van der Waals surface area contributed by atoms with E-state index in [1.165, 1.54) is 24.8 Å². The molecule has 0 radical (unpaired) electrons. The minimum absolute atomic E-state index is 0.271. The van der Waals surface area contributed by atoms with Gasteiger partial charge in [0.05, 0.1) is 0 Å². The average molecular weight is 340 g/mol. The summed E-state index contributed by atoms with van der Waals surface area (Å²) in [6.45, 7) is 2.23. The van der Waals surface area contributed by atoms with Crippen LogP contribution in [0.2, 0.25) is 0 Å². The maximum atomic E-state index is 6.71. The van der Waals surface area contributed by atoms with Crippen molar-refractivity contribution in [2.45, 2.75) is 75.8 Å². The van der Waals surface area contributed by atoms with Crippen LogP contribution in [0.1, 0.15) is 69.8 Å². The van der Waals surface area contributed by atoms with E-state index in [0.717, 1.165) is 32.1 Å². The van der Waals surface area contributed by atoms with E-state index in [2.05, 4.69) is 43.3 Å². The van der Waals surface area contributed by atoms with Gasteiger partial charge in [0, 0.05) is 24.7 Å². The van der Waals surface area contributed by atoms with Gasteiger partial charge in [0.2, 0.25) is 11.6 Å². The van der Waals surface area contributed by atoms with E-state index in [4.69, 9.17) is 14.5 Å². The molecule has 1 heterocycles. The number of ether oxygens (including phenoxy) is 1. The zero-order valence-corrected chi connectivity index (χ0v) is 15.1. The van der Waals surface area contributed by atoms with Gasteiger partial charge < -0.3 is 4.74 Å². The highest BCUT2D eigenvalue weighted by Gasteiger charge is 2.61. The molecule has 0 N–H and O–H groups in total. The second-order valence-corrected chi connectivity index (χ2v) is 8.49. The van der Waals surface area contributed by atoms with Gasteiger partial charge in [-0.1, -0.05) is 48.9 Å². The Kier molecular flexibility index (Phi) is 3.81. The van der Waals surface area contributed by atoms with Crippen LogP contribution in [0, 0.1) is 11.8 Å². The molecule has 3 atom stereocenters. The van der Waals surface area contributed by atoms with Crippen LogP contribution in [0.25, 0.3) is 0 Å². The third-order valence-corrected chi connectivity index (χ3v) is 6.94. The summed E-state index contributed by atoms with van der Waals surface area (Å²) in [7, 11) is 0. The summed E-state index contributed by atoms with van der Waals surface area (Å²) < 4.78 is 6.71. The van der Waals surface area contributed by atoms with Crippen molar-refractivity contribution in [2.75, 3.05) is 0 Å². The number of fused-ring (bicyclic) bond motifs is 3. The second-order valence-electron chi connectivity index (χ2n) is 8.49. The van der Waals surface area contributed by atoms with Crippen molar-refractivity contribution in [2.24, 2.45) is 11.8 Å². The first-order valence-electron chi connectivity index (χ1n) is 10.0. The Morgan fingerprint density at radius 2 is 1.80 bits per heavy atom. The lowest BCUT2D eigenvalue weighted by molar-refractivity contribution is -0.371. The number of allylic oxidation sites excluding steroid dienone is 1. The lowest BCUT2D eigenvalue weighted by Crippen LogP contribution is -2.50. The van der Waals surface area contributed by atoms with Gasteiger partial charge in [0.15, 0.2) is 0 Å². The molecule has 3 unspecified atom stereocenters. The molecule has 1 aromatic rings. The average Bonchev–Trinajstić information content (AvgIpc) is 3.03. The van der Waals surface area contributed by atoms with Crippen molar-refractivity contribution < 1.29 is 14.5 Å². The molecule has 2 bridgehead atoms. The molecule has 0 aromatic heterocycles. The predicted molar refractivity (Wildman–Crippen MR) is 95.6 cm³/mol. The molecule has 4 aliphatic rings. The first kappa shape index (κ1) is 16.0. The summed E-state index contributed by atoms with van der Waals surface area (Å²) >= 11 is 0. The molecule has 3 fully saturated rings. The smallest absolute Gasteiger partial charge is 0.213 e. The molecule has 2 spiro atoms. The van der Waals surface area contributed by atoms with Crippen LogP contribution in [0.3, 0.4) is 0 Å². The van der Waals surface area contributed by atoms with E-state index in [-0.39, 0.29) is 5.92 Å². The summed E-state index contributed by atoms with van der Waals surface area (Å²) in [6.07, 6.45) is 11.2. The maximum absolute atomic E-state index is 6.71. The monoisotopic (exact) mass is 340 g/mol. The number of hydrogen-bond donors (Lipinski definition) is 0. The zero-order chi connectivity index (χ0) is 16.9. The van der Waals surface area contributed by atoms with Crippen LogP contribution in [-0.2, 0) is 14.5 Å². The molecule has 1 saturated heterocycles. The molecule has 3 heteroatoms. The van der Waals surface area contributed by atoms with Gasteiger partial charge in [-0.15, -0.1) is 0 Å². The highest BCUT2D eigenvalue weighted by molar-refractivity contribution is 5.21. The minimum atomic E-state index is -0.552. The zero-order valence-electron chi connectivity index (χ0n) is 15.1. The van der Waals surface area contributed by atoms with Gasteiger partial charge in [-0.2, -0.15) is 9.78 Å². The van der Waals surface area contributed by atoms with Crippen LogP contribution in [-0.4, -0.2) is 11.6 Å². The van der Waals surface area contributed by atoms with Crippen molar-refractivity contribution in [3.63, 3.8) is 0 Å². The van der Waals surface area contributed by atoms with Crippen LogP contribution >= 0.6 is 0 Å². The van der Waals surface area contributed by atoms with Crippen molar-refractivity contribution in [1.82, 2.24) is 0 Å². The van der Waals surface area contributed by atoms with Gasteiger partial charge in [-0.3, -0.25) is 0 Å². The lowest BCUT2D eigenvalue weighted by atomic mass is 9.70. The molecule has 134 valence electrons. The molecule has 3 nitrogen and oxygen atoms in total. The van der Waals surface area contributed by atoms with E-state index in [1.54, 1.807) is 5.57 Å². The Morgan fingerprint density at radius 1 is 1.00 bits per heavy atom. The topological polar surface area (TPSA) is 27.7 Å². The fraction of sp³-hybridized carbons (Fsp3) is 0.636. The maximum Gasteiger partial charge on any atom is 0.213 e. The Balaban J connectivity index is 1.33. The SMILES string of the molecule is CC1C=C2CCCC(C2)C12OOC1(CCC(c3ccccc3)CC1)O2. The minimum Gasteiger partial charge on any atom is -0.311 e. The first-order chi connectivity index (χ1) is 12.2. The van der Waals surface area contributed by atoms with E-state index in [9.17, 15) is 0 Å². The summed E-state index contributed by atoms with van der Waals surface area (Å²) in [5.41, 5.74) is 3.03. The highest BCUT2D eigenvalue weighted by Crippen LogP contribution is 2.56. The van der Waals surface area contributed by atoms with E-state index < -0.39 is 11.6 Å². The van der Waals surface area contributed by atoms with E-state index >= 15 is 0 Å². The van der Waals surface area contributed by atoms with Crippen LogP contribution in [0.5, 0.6) is 0 Å². The Morgan fingerprint density at radius 3 is 2.60 bits per heavy atom. The third-order valence-electron chi connectivity index (χ3n) is 6.94. The van der Waals surface area contributed by atoms with Crippen LogP contribution in [0.4, 0.5) is 0 Å². The van der Waals surface area contributed by atoms with Gasteiger partial charge in [-0.05, 0) is 50.0 Å². The van der Waals surface area contributed by atoms with Crippen molar-refractivity contribution >= 4 is 0 Å². The Labute approximate surface area is 150 Å². The quantitative estimate of drug-likeness (QED) is 0.500. The molecule has 1 aromatic carbocycles. The molecular formula is C22H28O3. The fourth-order valence-corrected chi connectivity index (χ4v) is 5.52. The number of rotatable bonds is 1. The summed E-state index contributed by atoms with van der Waals surface area (Å²) in [6, 6.07) is 10.8. The molecular weight excluding hydrogens is 312 g/mol. The number of hydrogen-bond acceptors (Lipinski definition) is 3. The van der Waals surface area contributed by atoms with E-state index in [0.29, 0.717) is 11.8 Å². The van der Waals surface area contributed by atoms with Gasteiger partial charge in [0.25, 0.3) is 0 Å². The number of benzene rings is 1. The Bertz CT molecular complexity index is 659. The normalized spacial score (nSPS) is 43.4. The summed E-state index contributed by atoms with van der Waals surface area (Å²) in [5, 5.41) is 0. The largest absolute Gasteiger partial charge is 0.311 e. The van der Waals surface area contributed by atoms with Crippen molar-refractivity contribution in [3.05, 3.63) is 47.5 Å². The summed E-state index contributed by atoms with van der Waals surface area (Å²) in [5.74, 6) is 0.252. The summed E-state index contributed by atoms with van der Waals surface area (Å²) in [4.78, 5) is 12.0. The van der Waals surface area contributed by atoms with Crippen molar-refractivity contribution in [3.8, 4) is 0 Å². The third kappa shape index (κ3) is 2.59. The van der Waals surface area contributed by atoms with Gasteiger partial charge >= 0.3 is 0 Å². The fourth-order valence-electron chi connectivity index (χ4n) is 5.52. The molecule has 1 aliphatic heterocycles. The van der Waals surface area contributed by atoms with Crippen molar-refractivity contribution in [1.29, 1.82) is 0 Å². The molecule has 2 saturated carbocycles. The van der Waals surface area contributed by atoms with Gasteiger partial charge in [0.1, 0.15) is 0 Å². The Hall–Kier alpha value is -1.16. The second kappa shape index (κ2) is 5.94. The standard InChI is InChI=1S/C22H28O3/c1-16-14-17-6-5-9-20(15-17)22(16)23-21(24-25-22)12-10-19(11-13-21)18-7-3-2-4-8-18/h2-4,7-8,14,16,19-20H,5-6,9-13,15H2,1H3. The molecule has 5 rings (SSSR count). The van der Waals surface area contributed by atoms with Crippen LogP contribution in [0.15, 0.2) is 42.0 Å². The van der Waals surface area contributed by atoms with E-state index in [1.807, 2.05) is 0 Å². The van der Waals surface area contributed by atoms with Crippen LogP contribution < -0.4 is 0 Å². The molecule has 3 aliphatic carbocycles. The molecule has 0 amide bonds. The molecule has 25 heavy (non-hydrogen) atoms.